The molecule has 3 N–H and O–H groups in total. The van der Waals surface area contributed by atoms with E-state index in [1.165, 1.54) is 47.9 Å². The van der Waals surface area contributed by atoms with Crippen LogP contribution in [0.5, 0.6) is 5.75 Å². The molecule has 0 fully saturated rings. The third-order valence-electron chi connectivity index (χ3n) is 6.58. The van der Waals surface area contributed by atoms with Crippen LogP contribution in [0.4, 0.5) is 15.5 Å². The predicted molar refractivity (Wildman–Crippen MR) is 151 cm³/mol. The second-order valence-corrected chi connectivity index (χ2v) is 10.5. The lowest BCUT2D eigenvalue weighted by Gasteiger charge is -2.26. The zero-order chi connectivity index (χ0) is 29.3. The highest BCUT2D eigenvalue weighted by atomic mass is 35.5. The van der Waals surface area contributed by atoms with E-state index < -0.39 is 30.4 Å². The van der Waals surface area contributed by atoms with Crippen LogP contribution in [0, 0.1) is 12.7 Å². The van der Waals surface area contributed by atoms with E-state index in [4.69, 9.17) is 16.3 Å². The fraction of sp³-hybridized carbons (Fsp3) is 0.259. The Balaban J connectivity index is 1.33. The zero-order valence-corrected chi connectivity index (χ0v) is 23.8. The van der Waals surface area contributed by atoms with E-state index in [9.17, 15) is 19.1 Å². The fourth-order valence-corrected chi connectivity index (χ4v) is 5.20. The van der Waals surface area contributed by atoms with E-state index in [1.54, 1.807) is 32.0 Å². The molecule has 0 spiro atoms. The standard InChI is InChI=1S/C27H25ClFN7O4S/c1-13(24(38)32-22(12-37)17-6-18(29)9-19(7-17)40-3)36-11-16-5-4-15(8-20(16)25(36)39)23-21(28)10-30-26(33-23)34-27-31-14(2)35-41-27/h4-10,13,22,37H,11-12H2,1-3H3,(H,32,38)(H,30,31,33,34,35)/t13-,22-/m1/s1. The van der Waals surface area contributed by atoms with Gasteiger partial charge in [-0.25, -0.2) is 19.3 Å². The molecule has 0 radical (unpaired) electrons. The minimum atomic E-state index is -0.895. The van der Waals surface area contributed by atoms with Crippen LogP contribution in [0.15, 0.2) is 42.6 Å². The van der Waals surface area contributed by atoms with Crippen LogP contribution < -0.4 is 15.4 Å². The topological polar surface area (TPSA) is 142 Å². The Hall–Kier alpha value is -4.20. The van der Waals surface area contributed by atoms with Crippen LogP contribution in [0.1, 0.15) is 40.3 Å². The minimum Gasteiger partial charge on any atom is -0.497 e. The Kier molecular flexibility index (Phi) is 8.10. The van der Waals surface area contributed by atoms with Gasteiger partial charge < -0.3 is 20.1 Å². The molecule has 1 aliphatic rings. The number of ether oxygens (including phenoxy) is 1. The highest BCUT2D eigenvalue weighted by molar-refractivity contribution is 7.09. The van der Waals surface area contributed by atoms with Crippen molar-refractivity contribution < 1.29 is 23.8 Å². The number of carbonyl (C=O) groups is 2. The van der Waals surface area contributed by atoms with Gasteiger partial charge in [-0.1, -0.05) is 23.7 Å². The lowest BCUT2D eigenvalue weighted by atomic mass is 10.0. The van der Waals surface area contributed by atoms with E-state index in [0.717, 1.165) is 5.56 Å². The predicted octanol–water partition coefficient (Wildman–Crippen LogP) is 4.04. The largest absolute Gasteiger partial charge is 0.497 e. The summed E-state index contributed by atoms with van der Waals surface area (Å²) in [7, 11) is 1.39. The number of aliphatic hydroxyl groups is 1. The third kappa shape index (κ3) is 5.97. The molecule has 0 unspecified atom stereocenters. The number of fused-ring (bicyclic) bond motifs is 1. The van der Waals surface area contributed by atoms with E-state index >= 15 is 0 Å². The molecule has 1 aliphatic heterocycles. The number of methoxy groups -OCH3 is 1. The van der Waals surface area contributed by atoms with Crippen molar-refractivity contribution in [2.45, 2.75) is 32.5 Å². The van der Waals surface area contributed by atoms with Crippen molar-refractivity contribution in [3.63, 3.8) is 0 Å². The molecular weight excluding hydrogens is 573 g/mol. The molecule has 2 aromatic carbocycles. The van der Waals surface area contributed by atoms with Crippen molar-refractivity contribution in [3.05, 3.63) is 75.9 Å². The van der Waals surface area contributed by atoms with Gasteiger partial charge in [-0.2, -0.15) is 4.37 Å². The molecule has 2 amide bonds. The van der Waals surface area contributed by atoms with Crippen LogP contribution in [-0.4, -0.2) is 60.9 Å². The van der Waals surface area contributed by atoms with Crippen molar-refractivity contribution in [1.29, 1.82) is 0 Å². The zero-order valence-electron chi connectivity index (χ0n) is 22.2. The normalized spacial score (nSPS) is 14.0. The maximum atomic E-state index is 14.0. The number of aryl methyl sites for hydroxylation is 1. The molecule has 0 bridgehead atoms. The van der Waals surface area contributed by atoms with Gasteiger partial charge in [0.25, 0.3) is 5.91 Å². The first-order chi connectivity index (χ1) is 19.7. The van der Waals surface area contributed by atoms with Crippen molar-refractivity contribution >= 4 is 46.0 Å². The number of anilines is 2. The van der Waals surface area contributed by atoms with E-state index in [-0.39, 0.29) is 24.1 Å². The number of carbonyl (C=O) groups excluding carboxylic acids is 2. The van der Waals surface area contributed by atoms with Crippen LogP contribution in [0.2, 0.25) is 5.02 Å². The summed E-state index contributed by atoms with van der Waals surface area (Å²) in [6.07, 6.45) is 1.46. The number of rotatable bonds is 9. The van der Waals surface area contributed by atoms with Gasteiger partial charge in [0.1, 0.15) is 23.4 Å². The number of aromatic nitrogens is 4. The van der Waals surface area contributed by atoms with Crippen LogP contribution >= 0.6 is 23.1 Å². The molecule has 2 aromatic heterocycles. The van der Waals surface area contributed by atoms with Crippen molar-refractivity contribution in [3.8, 4) is 17.0 Å². The molecule has 2 atom stereocenters. The van der Waals surface area contributed by atoms with Gasteiger partial charge in [0.15, 0.2) is 0 Å². The average molecular weight is 598 g/mol. The van der Waals surface area contributed by atoms with Gasteiger partial charge in [0.2, 0.25) is 17.0 Å². The molecule has 41 heavy (non-hydrogen) atoms. The van der Waals surface area contributed by atoms with Crippen LogP contribution in [0.25, 0.3) is 11.3 Å². The first kappa shape index (κ1) is 28.3. The Morgan fingerprint density at radius 1 is 1.27 bits per heavy atom. The number of aliphatic hydroxyl groups excluding tert-OH is 1. The highest BCUT2D eigenvalue weighted by Crippen LogP contribution is 2.33. The van der Waals surface area contributed by atoms with Crippen molar-refractivity contribution in [1.82, 2.24) is 29.5 Å². The number of halogens is 2. The number of hydrogen-bond donors (Lipinski definition) is 3. The Labute approximate surface area is 243 Å². The quantitative estimate of drug-likeness (QED) is 0.260. The average Bonchev–Trinajstić information content (AvgIpc) is 3.53. The molecule has 0 saturated carbocycles. The number of nitrogens with one attached hydrogen (secondary N) is 2. The third-order valence-corrected chi connectivity index (χ3v) is 7.58. The van der Waals surface area contributed by atoms with Crippen LogP contribution in [-0.2, 0) is 11.3 Å². The summed E-state index contributed by atoms with van der Waals surface area (Å²) < 4.78 is 23.2. The van der Waals surface area contributed by atoms with Gasteiger partial charge in [-0.15, -0.1) is 0 Å². The second-order valence-electron chi connectivity index (χ2n) is 9.31. The maximum Gasteiger partial charge on any atom is 0.255 e. The summed E-state index contributed by atoms with van der Waals surface area (Å²) in [5.41, 5.74) is 2.50. The Morgan fingerprint density at radius 2 is 2.07 bits per heavy atom. The number of hydrogen-bond acceptors (Lipinski definition) is 10. The molecular formula is C27H25ClFN7O4S. The molecule has 0 saturated heterocycles. The molecule has 4 aromatic rings. The molecule has 3 heterocycles. The monoisotopic (exact) mass is 597 g/mol. The SMILES string of the molecule is COc1cc(F)cc([C@@H](CO)NC(=O)[C@@H](C)N2Cc3ccc(-c4nc(Nc5nc(C)ns5)ncc4Cl)cc3C2=O)c1. The molecule has 11 nitrogen and oxygen atoms in total. The Bertz CT molecular complexity index is 1640. The number of nitrogens with zero attached hydrogens (tertiary/aromatic N) is 5. The lowest BCUT2D eigenvalue weighted by molar-refractivity contribution is -0.126. The van der Waals surface area contributed by atoms with Gasteiger partial charge >= 0.3 is 0 Å². The van der Waals surface area contributed by atoms with Gasteiger partial charge in [0, 0.05) is 35.3 Å². The summed E-state index contributed by atoms with van der Waals surface area (Å²) in [4.78, 5) is 40.9. The first-order valence-corrected chi connectivity index (χ1v) is 13.6. The van der Waals surface area contributed by atoms with Crippen molar-refractivity contribution in [2.24, 2.45) is 0 Å². The minimum absolute atomic E-state index is 0.210. The first-order valence-electron chi connectivity index (χ1n) is 12.5. The van der Waals surface area contributed by atoms with Crippen LogP contribution in [0.3, 0.4) is 0 Å². The van der Waals surface area contributed by atoms with Gasteiger partial charge in [-0.05, 0) is 43.2 Å². The Morgan fingerprint density at radius 3 is 2.78 bits per heavy atom. The van der Waals surface area contributed by atoms with E-state index in [2.05, 4.69) is 30.0 Å². The highest BCUT2D eigenvalue weighted by Gasteiger charge is 2.35. The molecule has 0 aliphatic carbocycles. The smallest absolute Gasteiger partial charge is 0.255 e. The van der Waals surface area contributed by atoms with Crippen molar-refractivity contribution in [2.75, 3.05) is 19.0 Å². The van der Waals surface area contributed by atoms with Gasteiger partial charge in [-0.3, -0.25) is 14.9 Å². The number of amides is 2. The summed E-state index contributed by atoms with van der Waals surface area (Å²) >= 11 is 7.58. The summed E-state index contributed by atoms with van der Waals surface area (Å²) in [6, 6.07) is 7.44. The summed E-state index contributed by atoms with van der Waals surface area (Å²) in [5, 5.41) is 16.4. The summed E-state index contributed by atoms with van der Waals surface area (Å²) in [6.45, 7) is 3.10. The van der Waals surface area contributed by atoms with E-state index in [1.807, 2.05) is 0 Å². The van der Waals surface area contributed by atoms with Gasteiger partial charge in [0.05, 0.1) is 36.7 Å². The lowest BCUT2D eigenvalue weighted by Crippen LogP contribution is -2.46. The molecule has 14 heteroatoms. The number of benzene rings is 2. The molecule has 212 valence electrons. The maximum absolute atomic E-state index is 14.0. The second kappa shape index (κ2) is 11.7. The summed E-state index contributed by atoms with van der Waals surface area (Å²) in [5.74, 6) is -0.266. The molecule has 5 rings (SSSR count). The fourth-order valence-electron chi connectivity index (χ4n) is 4.43. The van der Waals surface area contributed by atoms with E-state index in [0.29, 0.717) is 38.4 Å².